The second-order valence-corrected chi connectivity index (χ2v) is 8.74. The molecule has 33 heavy (non-hydrogen) atoms. The Morgan fingerprint density at radius 1 is 1.24 bits per heavy atom. The summed E-state index contributed by atoms with van der Waals surface area (Å²) in [5.74, 6) is -0.880. The van der Waals surface area contributed by atoms with Crippen LogP contribution in [0.2, 0.25) is 0 Å². The quantitative estimate of drug-likeness (QED) is 0.339. The molecule has 0 aliphatic carbocycles. The number of hydrogen-bond donors (Lipinski definition) is 0. The number of hydrogen-bond acceptors (Lipinski definition) is 7. The largest absolute Gasteiger partial charge is 0.490 e. The van der Waals surface area contributed by atoms with Gasteiger partial charge in [-0.2, -0.15) is 0 Å². The molecule has 1 aliphatic heterocycles. The first kappa shape index (κ1) is 24.8. The molecule has 2 aromatic rings. The third-order valence-corrected chi connectivity index (χ3v) is 6.19. The zero-order valence-corrected chi connectivity index (χ0v) is 20.5. The van der Waals surface area contributed by atoms with Gasteiger partial charge in [0, 0.05) is 5.56 Å². The highest BCUT2D eigenvalue weighted by atomic mass is 79.9. The Morgan fingerprint density at radius 2 is 1.97 bits per heavy atom. The van der Waals surface area contributed by atoms with Crippen LogP contribution in [0.4, 0.5) is 9.18 Å². The minimum Gasteiger partial charge on any atom is -0.490 e. The third kappa shape index (κ3) is 5.56. The number of benzene rings is 2. The van der Waals surface area contributed by atoms with Gasteiger partial charge in [0.2, 0.25) is 0 Å². The van der Waals surface area contributed by atoms with Crippen molar-refractivity contribution >= 4 is 50.9 Å². The topological polar surface area (TPSA) is 82.1 Å². The van der Waals surface area contributed by atoms with E-state index in [0.717, 1.165) is 16.7 Å². The molecular formula is C23H21BrFNO6S. The smallest absolute Gasteiger partial charge is 0.328 e. The highest BCUT2D eigenvalue weighted by molar-refractivity contribution is 9.10. The predicted molar refractivity (Wildman–Crippen MR) is 125 cm³/mol. The van der Waals surface area contributed by atoms with E-state index in [1.54, 1.807) is 37.3 Å². The highest BCUT2D eigenvalue weighted by Gasteiger charge is 2.41. The molecule has 10 heteroatoms. The van der Waals surface area contributed by atoms with Gasteiger partial charge in [-0.1, -0.05) is 18.2 Å². The van der Waals surface area contributed by atoms with Gasteiger partial charge in [0.1, 0.15) is 18.5 Å². The van der Waals surface area contributed by atoms with Crippen molar-refractivity contribution in [3.63, 3.8) is 0 Å². The zero-order chi connectivity index (χ0) is 24.1. The molecule has 3 rings (SSSR count). The number of halogens is 2. The Hall–Kier alpha value is -2.85. The minimum absolute atomic E-state index is 0.00496. The molecule has 0 N–H and O–H groups in total. The fourth-order valence-corrected chi connectivity index (χ4v) is 4.56. The van der Waals surface area contributed by atoms with Crippen molar-refractivity contribution in [2.45, 2.75) is 26.5 Å². The molecule has 1 heterocycles. The van der Waals surface area contributed by atoms with Crippen molar-refractivity contribution in [3.8, 4) is 11.5 Å². The van der Waals surface area contributed by atoms with E-state index >= 15 is 0 Å². The summed E-state index contributed by atoms with van der Waals surface area (Å²) in [5, 5.41) is -0.557. The average molecular weight is 538 g/mol. The Balaban J connectivity index is 1.88. The number of rotatable bonds is 8. The van der Waals surface area contributed by atoms with Crippen molar-refractivity contribution in [1.82, 2.24) is 4.90 Å². The molecule has 0 aromatic heterocycles. The lowest BCUT2D eigenvalue weighted by molar-refractivity contribution is -0.148. The molecule has 1 saturated heterocycles. The summed E-state index contributed by atoms with van der Waals surface area (Å²) in [6.45, 7) is 3.57. The van der Waals surface area contributed by atoms with Gasteiger partial charge < -0.3 is 14.2 Å². The molecule has 2 amide bonds. The van der Waals surface area contributed by atoms with Gasteiger partial charge in [0.05, 0.1) is 23.1 Å². The van der Waals surface area contributed by atoms with E-state index in [1.807, 2.05) is 0 Å². The maximum absolute atomic E-state index is 13.9. The van der Waals surface area contributed by atoms with Gasteiger partial charge >= 0.3 is 5.97 Å². The fourth-order valence-electron chi connectivity index (χ4n) is 3.08. The number of thioether (sulfide) groups is 1. The first-order chi connectivity index (χ1) is 15.8. The predicted octanol–water partition coefficient (Wildman–Crippen LogP) is 5.16. The molecule has 1 fully saturated rings. The van der Waals surface area contributed by atoms with Crippen molar-refractivity contribution in [2.24, 2.45) is 0 Å². The van der Waals surface area contributed by atoms with E-state index in [-0.39, 0.29) is 17.3 Å². The van der Waals surface area contributed by atoms with Crippen LogP contribution in [0.3, 0.4) is 0 Å². The lowest BCUT2D eigenvalue weighted by atomic mass is 10.1. The number of carbonyl (C=O) groups is 3. The van der Waals surface area contributed by atoms with Crippen LogP contribution in [0.5, 0.6) is 11.5 Å². The minimum atomic E-state index is -1.03. The summed E-state index contributed by atoms with van der Waals surface area (Å²) in [7, 11) is 1.19. The maximum Gasteiger partial charge on any atom is 0.328 e. The van der Waals surface area contributed by atoms with Crippen LogP contribution in [-0.4, -0.2) is 41.8 Å². The molecule has 0 spiro atoms. The monoisotopic (exact) mass is 537 g/mol. The first-order valence-electron chi connectivity index (χ1n) is 9.94. The molecule has 0 saturated carbocycles. The number of imide groups is 1. The Kier molecular flexibility index (Phi) is 8.15. The van der Waals surface area contributed by atoms with Crippen LogP contribution in [0, 0.1) is 5.82 Å². The lowest BCUT2D eigenvalue weighted by Crippen LogP contribution is -2.42. The summed E-state index contributed by atoms with van der Waals surface area (Å²) in [6, 6.07) is 8.62. The number of ether oxygens (including phenoxy) is 3. The number of carbonyl (C=O) groups excluding carboxylic acids is 3. The molecule has 1 atom stereocenters. The zero-order valence-electron chi connectivity index (χ0n) is 18.1. The van der Waals surface area contributed by atoms with E-state index in [4.69, 9.17) is 9.47 Å². The first-order valence-corrected chi connectivity index (χ1v) is 11.5. The summed E-state index contributed by atoms with van der Waals surface area (Å²) in [4.78, 5) is 37.9. The fraction of sp³-hybridized carbons (Fsp3) is 0.261. The van der Waals surface area contributed by atoms with Crippen LogP contribution >= 0.6 is 27.7 Å². The van der Waals surface area contributed by atoms with Gasteiger partial charge in [-0.25, -0.2) is 9.18 Å². The number of methoxy groups -OCH3 is 1. The summed E-state index contributed by atoms with van der Waals surface area (Å²) in [5.41, 5.74) is 0.962. The van der Waals surface area contributed by atoms with E-state index in [2.05, 4.69) is 20.7 Å². The Bertz CT molecular complexity index is 1120. The van der Waals surface area contributed by atoms with E-state index in [0.29, 0.717) is 33.7 Å². The Labute approximate surface area is 203 Å². The van der Waals surface area contributed by atoms with Gasteiger partial charge in [0.25, 0.3) is 11.1 Å². The van der Waals surface area contributed by atoms with E-state index in [9.17, 15) is 18.8 Å². The van der Waals surface area contributed by atoms with Crippen LogP contribution < -0.4 is 9.47 Å². The molecule has 7 nitrogen and oxygen atoms in total. The molecule has 0 bridgehead atoms. The van der Waals surface area contributed by atoms with Crippen LogP contribution in [0.25, 0.3) is 6.08 Å². The van der Waals surface area contributed by atoms with Crippen LogP contribution in [0.1, 0.15) is 25.0 Å². The number of amides is 2. The van der Waals surface area contributed by atoms with E-state index in [1.165, 1.54) is 26.2 Å². The van der Waals surface area contributed by atoms with Crippen molar-refractivity contribution in [1.29, 1.82) is 0 Å². The van der Waals surface area contributed by atoms with Gasteiger partial charge in [-0.05, 0) is 71.4 Å². The lowest BCUT2D eigenvalue weighted by Gasteiger charge is -2.18. The highest BCUT2D eigenvalue weighted by Crippen LogP contribution is 2.40. The second-order valence-electron chi connectivity index (χ2n) is 6.89. The molecule has 0 radical (unpaired) electrons. The summed E-state index contributed by atoms with van der Waals surface area (Å²) in [6.07, 6.45) is 1.53. The van der Waals surface area contributed by atoms with Gasteiger partial charge in [0.15, 0.2) is 11.5 Å². The van der Waals surface area contributed by atoms with Crippen molar-refractivity contribution < 1.29 is 33.0 Å². The summed E-state index contributed by atoms with van der Waals surface area (Å²) >= 11 is 4.17. The maximum atomic E-state index is 13.9. The Morgan fingerprint density at radius 3 is 2.64 bits per heavy atom. The normalized spacial score (nSPS) is 15.7. The molecule has 2 aromatic carbocycles. The molecular weight excluding hydrogens is 517 g/mol. The SMILES string of the molecule is CCOc1cc(/C=C2/SC(=O)N([C@@H](C)C(=O)OC)C2=O)cc(Br)c1OCc1ccccc1F. The third-order valence-electron chi connectivity index (χ3n) is 4.71. The molecule has 174 valence electrons. The number of esters is 1. The summed E-state index contributed by atoms with van der Waals surface area (Å²) < 4.78 is 30.6. The van der Waals surface area contributed by atoms with Gasteiger partial charge in [-0.3, -0.25) is 14.5 Å². The van der Waals surface area contributed by atoms with Gasteiger partial charge in [-0.15, -0.1) is 0 Å². The van der Waals surface area contributed by atoms with Crippen LogP contribution in [-0.2, 0) is 20.9 Å². The number of nitrogens with zero attached hydrogens (tertiary/aromatic N) is 1. The molecule has 0 unspecified atom stereocenters. The average Bonchev–Trinajstić information content (AvgIpc) is 3.06. The molecule has 1 aliphatic rings. The van der Waals surface area contributed by atoms with Crippen molar-refractivity contribution in [2.75, 3.05) is 13.7 Å². The second kappa shape index (κ2) is 10.8. The van der Waals surface area contributed by atoms with E-state index < -0.39 is 23.2 Å². The standard InChI is InChI=1S/C23H21BrFNO6S/c1-4-31-18-10-14(9-16(24)20(18)32-12-15-7-5-6-8-17(15)25)11-19-21(27)26(23(29)33-19)13(2)22(28)30-3/h5-11,13H,4,12H2,1-3H3/b19-11+/t13-/m0/s1. The van der Waals surface area contributed by atoms with Crippen LogP contribution in [0.15, 0.2) is 45.8 Å². The van der Waals surface area contributed by atoms with Crippen molar-refractivity contribution in [3.05, 3.63) is 62.7 Å².